The summed E-state index contributed by atoms with van der Waals surface area (Å²) in [5.74, 6) is 0.972. The summed E-state index contributed by atoms with van der Waals surface area (Å²) >= 11 is 3.38. The molecular formula is C12H16BrN5O. The first-order chi connectivity index (χ1) is 9.17. The average molecular weight is 326 g/mol. The zero-order valence-corrected chi connectivity index (χ0v) is 12.5. The molecule has 0 saturated carbocycles. The van der Waals surface area contributed by atoms with Gasteiger partial charge in [0.2, 0.25) is 0 Å². The largest absolute Gasteiger partial charge is 0.383 e. The zero-order valence-electron chi connectivity index (χ0n) is 10.9. The summed E-state index contributed by atoms with van der Waals surface area (Å²) in [4.78, 5) is 8.79. The molecule has 0 aliphatic heterocycles. The second-order valence-corrected chi connectivity index (χ2v) is 4.86. The SMILES string of the molecule is CCCn1nccc1-c1nc(N)c(Br)c(COC)n1. The predicted octanol–water partition coefficient (Wildman–Crippen LogP) is 2.24. The maximum atomic E-state index is 5.90. The lowest BCUT2D eigenvalue weighted by Crippen LogP contribution is -2.07. The Labute approximate surface area is 120 Å². The molecule has 2 N–H and O–H groups in total. The molecule has 2 aromatic heterocycles. The van der Waals surface area contributed by atoms with E-state index in [4.69, 9.17) is 10.5 Å². The summed E-state index contributed by atoms with van der Waals surface area (Å²) in [6.45, 7) is 3.29. The highest BCUT2D eigenvalue weighted by Gasteiger charge is 2.14. The predicted molar refractivity (Wildman–Crippen MR) is 76.4 cm³/mol. The van der Waals surface area contributed by atoms with Crippen LogP contribution in [0.2, 0.25) is 0 Å². The number of methoxy groups -OCH3 is 1. The minimum atomic E-state index is 0.377. The van der Waals surface area contributed by atoms with Gasteiger partial charge in [0, 0.05) is 19.9 Å². The van der Waals surface area contributed by atoms with Gasteiger partial charge in [-0.3, -0.25) is 4.68 Å². The van der Waals surface area contributed by atoms with Gasteiger partial charge >= 0.3 is 0 Å². The van der Waals surface area contributed by atoms with Gasteiger partial charge in [-0.15, -0.1) is 0 Å². The van der Waals surface area contributed by atoms with Gasteiger partial charge in [0.15, 0.2) is 5.82 Å². The fraction of sp³-hybridized carbons (Fsp3) is 0.417. The quantitative estimate of drug-likeness (QED) is 0.912. The van der Waals surface area contributed by atoms with E-state index in [1.54, 1.807) is 13.3 Å². The second kappa shape index (κ2) is 6.12. The summed E-state index contributed by atoms with van der Waals surface area (Å²) in [6.07, 6.45) is 2.73. The maximum absolute atomic E-state index is 5.90. The van der Waals surface area contributed by atoms with Gasteiger partial charge in [-0.2, -0.15) is 5.10 Å². The van der Waals surface area contributed by atoms with Gasteiger partial charge in [-0.05, 0) is 28.4 Å². The lowest BCUT2D eigenvalue weighted by molar-refractivity contribution is 0.181. The smallest absolute Gasteiger partial charge is 0.180 e. The monoisotopic (exact) mass is 325 g/mol. The number of rotatable bonds is 5. The Hall–Kier alpha value is -1.47. The molecule has 0 atom stereocenters. The molecule has 0 aliphatic rings. The number of nitrogens with two attached hydrogens (primary N) is 1. The molecule has 2 heterocycles. The third-order valence-corrected chi connectivity index (χ3v) is 3.47. The van der Waals surface area contributed by atoms with Gasteiger partial charge in [-0.1, -0.05) is 6.92 Å². The molecule has 6 nitrogen and oxygen atoms in total. The van der Waals surface area contributed by atoms with Crippen molar-refractivity contribution in [3.8, 4) is 11.5 Å². The van der Waals surface area contributed by atoms with Crippen molar-refractivity contribution in [3.63, 3.8) is 0 Å². The molecule has 0 unspecified atom stereocenters. The van der Waals surface area contributed by atoms with Crippen LogP contribution in [0.15, 0.2) is 16.7 Å². The molecule has 0 bridgehead atoms. The first kappa shape index (κ1) is 14.0. The molecule has 19 heavy (non-hydrogen) atoms. The molecule has 0 fully saturated rings. The van der Waals surface area contributed by atoms with Crippen molar-refractivity contribution in [2.75, 3.05) is 12.8 Å². The van der Waals surface area contributed by atoms with Crippen LogP contribution in [-0.2, 0) is 17.9 Å². The fourth-order valence-electron chi connectivity index (χ4n) is 1.77. The van der Waals surface area contributed by atoms with E-state index >= 15 is 0 Å². The van der Waals surface area contributed by atoms with Crippen LogP contribution in [0.25, 0.3) is 11.5 Å². The fourth-order valence-corrected chi connectivity index (χ4v) is 2.06. The summed E-state index contributed by atoms with van der Waals surface area (Å²) in [5, 5.41) is 4.26. The maximum Gasteiger partial charge on any atom is 0.180 e. The molecule has 0 saturated heterocycles. The Morgan fingerprint density at radius 3 is 2.89 bits per heavy atom. The number of hydrogen-bond donors (Lipinski definition) is 1. The van der Waals surface area contributed by atoms with Gasteiger partial charge in [0.1, 0.15) is 11.5 Å². The molecule has 2 rings (SSSR count). The van der Waals surface area contributed by atoms with Gasteiger partial charge < -0.3 is 10.5 Å². The lowest BCUT2D eigenvalue weighted by atomic mass is 10.3. The Morgan fingerprint density at radius 1 is 1.42 bits per heavy atom. The van der Waals surface area contributed by atoms with E-state index in [-0.39, 0.29) is 0 Å². The van der Waals surface area contributed by atoms with Crippen molar-refractivity contribution in [2.45, 2.75) is 26.5 Å². The molecule has 0 aliphatic carbocycles. The first-order valence-electron chi connectivity index (χ1n) is 6.00. The minimum absolute atomic E-state index is 0.377. The number of aromatic nitrogens is 4. The molecular weight excluding hydrogens is 310 g/mol. The van der Waals surface area contributed by atoms with E-state index in [9.17, 15) is 0 Å². The Balaban J connectivity index is 2.47. The third kappa shape index (κ3) is 2.93. The Morgan fingerprint density at radius 2 is 2.21 bits per heavy atom. The van der Waals surface area contributed by atoms with E-state index in [1.165, 1.54) is 0 Å². The van der Waals surface area contributed by atoms with Crippen LogP contribution in [0, 0.1) is 0 Å². The number of anilines is 1. The van der Waals surface area contributed by atoms with Crippen molar-refractivity contribution in [1.82, 2.24) is 19.7 Å². The van der Waals surface area contributed by atoms with Crippen LogP contribution in [0.3, 0.4) is 0 Å². The minimum Gasteiger partial charge on any atom is -0.383 e. The van der Waals surface area contributed by atoms with Crippen LogP contribution >= 0.6 is 15.9 Å². The molecule has 0 amide bonds. The molecule has 0 spiro atoms. The lowest BCUT2D eigenvalue weighted by Gasteiger charge is -2.09. The van der Waals surface area contributed by atoms with Crippen LogP contribution in [-0.4, -0.2) is 26.9 Å². The third-order valence-electron chi connectivity index (χ3n) is 2.61. The summed E-state index contributed by atoms with van der Waals surface area (Å²) in [6, 6.07) is 1.88. The van der Waals surface area contributed by atoms with Gasteiger partial charge in [0.05, 0.1) is 16.8 Å². The van der Waals surface area contributed by atoms with Crippen molar-refractivity contribution in [3.05, 3.63) is 22.4 Å². The average Bonchev–Trinajstić information content (AvgIpc) is 2.84. The van der Waals surface area contributed by atoms with Crippen molar-refractivity contribution < 1.29 is 4.74 Å². The highest BCUT2D eigenvalue weighted by molar-refractivity contribution is 9.10. The number of halogens is 1. The second-order valence-electron chi connectivity index (χ2n) is 4.07. The van der Waals surface area contributed by atoms with Crippen LogP contribution in [0.4, 0.5) is 5.82 Å². The van der Waals surface area contributed by atoms with Crippen molar-refractivity contribution in [2.24, 2.45) is 0 Å². The van der Waals surface area contributed by atoms with E-state index in [0.29, 0.717) is 22.7 Å². The van der Waals surface area contributed by atoms with Crippen LogP contribution in [0.1, 0.15) is 19.0 Å². The number of nitrogen functional groups attached to an aromatic ring is 1. The standard InChI is InChI=1S/C12H16BrN5O/c1-3-6-18-9(4-5-15-18)12-16-8(7-19-2)10(13)11(14)17-12/h4-5H,3,6-7H2,1-2H3,(H2,14,16,17). The number of aryl methyl sites for hydroxylation is 1. The summed E-state index contributed by atoms with van der Waals surface area (Å²) < 4.78 is 7.67. The van der Waals surface area contributed by atoms with Gasteiger partial charge in [0.25, 0.3) is 0 Å². The normalized spacial score (nSPS) is 10.9. The molecule has 102 valence electrons. The highest BCUT2D eigenvalue weighted by atomic mass is 79.9. The number of hydrogen-bond acceptors (Lipinski definition) is 5. The van der Waals surface area contributed by atoms with E-state index < -0.39 is 0 Å². The van der Waals surface area contributed by atoms with E-state index in [0.717, 1.165) is 24.4 Å². The molecule has 2 aromatic rings. The molecule has 0 radical (unpaired) electrons. The molecule has 0 aromatic carbocycles. The van der Waals surface area contributed by atoms with Gasteiger partial charge in [-0.25, -0.2) is 9.97 Å². The van der Waals surface area contributed by atoms with Crippen LogP contribution in [0.5, 0.6) is 0 Å². The summed E-state index contributed by atoms with van der Waals surface area (Å²) in [5.41, 5.74) is 7.49. The number of nitrogens with zero attached hydrogens (tertiary/aromatic N) is 4. The van der Waals surface area contributed by atoms with E-state index in [2.05, 4.69) is 37.9 Å². The van der Waals surface area contributed by atoms with Crippen LogP contribution < -0.4 is 5.73 Å². The van der Waals surface area contributed by atoms with Crippen molar-refractivity contribution >= 4 is 21.7 Å². The zero-order chi connectivity index (χ0) is 13.8. The summed E-state index contributed by atoms with van der Waals surface area (Å²) in [7, 11) is 1.62. The highest BCUT2D eigenvalue weighted by Crippen LogP contribution is 2.25. The first-order valence-corrected chi connectivity index (χ1v) is 6.79. The Kier molecular flexibility index (Phi) is 4.49. The van der Waals surface area contributed by atoms with E-state index in [1.807, 2.05) is 10.7 Å². The Bertz CT molecular complexity index is 569. The topological polar surface area (TPSA) is 78.9 Å². The molecule has 7 heteroatoms. The number of ether oxygens (including phenoxy) is 1. The van der Waals surface area contributed by atoms with Crippen molar-refractivity contribution in [1.29, 1.82) is 0 Å².